The van der Waals surface area contributed by atoms with Gasteiger partial charge in [0.1, 0.15) is 16.4 Å². The summed E-state index contributed by atoms with van der Waals surface area (Å²) in [6.07, 6.45) is 0. The first kappa shape index (κ1) is 18.5. The second kappa shape index (κ2) is 7.61. The first-order valence-corrected chi connectivity index (χ1v) is 9.78. The number of amides is 2. The minimum absolute atomic E-state index is 0.0121. The predicted molar refractivity (Wildman–Crippen MR) is 108 cm³/mol. The molecule has 3 aromatic rings. The number of hydrogen-bond donors (Lipinski definition) is 2. The number of hydrogen-bond acceptors (Lipinski definition) is 6. The fourth-order valence-corrected chi connectivity index (χ4v) is 4.15. The monoisotopic (exact) mass is 399 g/mol. The first-order chi connectivity index (χ1) is 13.6. The maximum absolute atomic E-state index is 12.8. The lowest BCUT2D eigenvalue weighted by molar-refractivity contribution is 0.0669. The van der Waals surface area contributed by atoms with Crippen LogP contribution in [0.4, 0.5) is 5.82 Å². The summed E-state index contributed by atoms with van der Waals surface area (Å²) in [5, 5.41) is 10.6. The summed E-state index contributed by atoms with van der Waals surface area (Å²) in [6.45, 7) is 3.17. The average Bonchev–Trinajstić information content (AvgIpc) is 3.30. The molecule has 28 heavy (non-hydrogen) atoms. The van der Waals surface area contributed by atoms with Crippen LogP contribution < -0.4 is 10.1 Å². The molecule has 0 saturated carbocycles. The van der Waals surface area contributed by atoms with Crippen molar-refractivity contribution in [3.63, 3.8) is 0 Å². The van der Waals surface area contributed by atoms with Crippen LogP contribution in [0.25, 0.3) is 10.2 Å². The number of methoxy groups -OCH3 is 1. The van der Waals surface area contributed by atoms with Crippen LogP contribution in [0.1, 0.15) is 20.0 Å². The number of benzene rings is 1. The van der Waals surface area contributed by atoms with Gasteiger partial charge in [0.2, 0.25) is 0 Å². The lowest BCUT2D eigenvalue weighted by Gasteiger charge is -2.32. The van der Waals surface area contributed by atoms with E-state index in [0.29, 0.717) is 39.9 Å². The normalized spacial score (nSPS) is 15.0. The molecule has 3 heterocycles. The molecule has 146 valence electrons. The number of rotatable bonds is 4. The Morgan fingerprint density at radius 2 is 1.96 bits per heavy atom. The van der Waals surface area contributed by atoms with Gasteiger partial charge in [0.15, 0.2) is 0 Å². The number of carbonyl (C=O) groups is 2. The van der Waals surface area contributed by atoms with Crippen LogP contribution in [0.2, 0.25) is 0 Å². The summed E-state index contributed by atoms with van der Waals surface area (Å²) < 4.78 is 5.25. The van der Waals surface area contributed by atoms with Gasteiger partial charge in [0.05, 0.1) is 22.9 Å². The summed E-state index contributed by atoms with van der Waals surface area (Å²) in [5.41, 5.74) is 0.428. The molecule has 0 aliphatic carbocycles. The van der Waals surface area contributed by atoms with Crippen molar-refractivity contribution in [2.45, 2.75) is 0 Å². The molecular weight excluding hydrogens is 378 g/mol. The molecule has 0 bridgehead atoms. The summed E-state index contributed by atoms with van der Waals surface area (Å²) in [6, 6.07) is 8.80. The van der Waals surface area contributed by atoms with Crippen LogP contribution in [0.15, 0.2) is 30.3 Å². The second-order valence-corrected chi connectivity index (χ2v) is 7.71. The number of likely N-dealkylation sites (N-methyl/N-ethyl adjacent to an activating group) is 1. The third kappa shape index (κ3) is 3.46. The van der Waals surface area contributed by atoms with Crippen LogP contribution in [-0.4, -0.2) is 72.1 Å². The Kier molecular flexibility index (Phi) is 5.01. The molecule has 1 fully saturated rings. The van der Waals surface area contributed by atoms with Crippen LogP contribution >= 0.6 is 11.3 Å². The number of fused-ring (bicyclic) bond motifs is 1. The van der Waals surface area contributed by atoms with Gasteiger partial charge in [-0.25, -0.2) is 0 Å². The Balaban J connectivity index is 1.55. The SMILES string of the molecule is COc1ccccc1C(=O)Nc1[nH]nc2sc(C(=O)N3CCN(C)CC3)cc12. The number of ether oxygens (including phenoxy) is 1. The topological polar surface area (TPSA) is 90.6 Å². The minimum atomic E-state index is -0.304. The van der Waals surface area contributed by atoms with Crippen molar-refractivity contribution in [1.29, 1.82) is 0 Å². The van der Waals surface area contributed by atoms with E-state index in [1.165, 1.54) is 18.4 Å². The van der Waals surface area contributed by atoms with Gasteiger partial charge in [-0.15, -0.1) is 11.3 Å². The van der Waals surface area contributed by atoms with E-state index in [2.05, 4.69) is 27.5 Å². The Morgan fingerprint density at radius 3 is 2.71 bits per heavy atom. The van der Waals surface area contributed by atoms with Crippen molar-refractivity contribution in [3.8, 4) is 5.75 Å². The summed E-state index contributed by atoms with van der Waals surface area (Å²) in [4.78, 5) is 30.8. The zero-order valence-electron chi connectivity index (χ0n) is 15.7. The standard InChI is InChI=1S/C19H21N5O3S/c1-23-7-9-24(10-8-23)19(26)15-11-13-16(21-22-18(13)28-15)20-17(25)12-5-3-4-6-14(12)27-2/h3-6,11H,7-10H2,1-2H3,(H2,20,21,22,25). The van der Waals surface area contributed by atoms with Gasteiger partial charge in [-0.1, -0.05) is 12.1 Å². The van der Waals surface area contributed by atoms with Gasteiger partial charge in [0.25, 0.3) is 11.8 Å². The highest BCUT2D eigenvalue weighted by Gasteiger charge is 2.24. The van der Waals surface area contributed by atoms with Gasteiger partial charge < -0.3 is 19.9 Å². The molecule has 2 amide bonds. The number of aromatic amines is 1. The quantitative estimate of drug-likeness (QED) is 0.702. The number of carbonyl (C=O) groups excluding carboxylic acids is 2. The fourth-order valence-electron chi connectivity index (χ4n) is 3.19. The minimum Gasteiger partial charge on any atom is -0.496 e. The van der Waals surface area contributed by atoms with E-state index < -0.39 is 0 Å². The second-order valence-electron chi connectivity index (χ2n) is 6.68. The number of piperazine rings is 1. The number of anilines is 1. The number of thiophene rings is 1. The number of aromatic nitrogens is 2. The van der Waals surface area contributed by atoms with Gasteiger partial charge in [0, 0.05) is 26.2 Å². The molecule has 1 aliphatic rings. The zero-order valence-corrected chi connectivity index (χ0v) is 16.5. The maximum Gasteiger partial charge on any atom is 0.264 e. The van der Waals surface area contributed by atoms with E-state index in [4.69, 9.17) is 4.74 Å². The lowest BCUT2D eigenvalue weighted by atomic mass is 10.2. The molecule has 0 unspecified atom stereocenters. The van der Waals surface area contributed by atoms with Crippen molar-refractivity contribution in [3.05, 3.63) is 40.8 Å². The van der Waals surface area contributed by atoms with Gasteiger partial charge >= 0.3 is 0 Å². The molecule has 0 spiro atoms. The van der Waals surface area contributed by atoms with E-state index >= 15 is 0 Å². The van der Waals surface area contributed by atoms with Crippen LogP contribution in [0.3, 0.4) is 0 Å². The molecule has 2 N–H and O–H groups in total. The molecule has 2 aromatic heterocycles. The van der Waals surface area contributed by atoms with Crippen LogP contribution in [0.5, 0.6) is 5.75 Å². The Bertz CT molecular complexity index is 1020. The highest BCUT2D eigenvalue weighted by Crippen LogP contribution is 2.31. The Hall–Kier alpha value is -2.91. The third-order valence-corrected chi connectivity index (χ3v) is 5.86. The Morgan fingerprint density at radius 1 is 1.21 bits per heavy atom. The van der Waals surface area contributed by atoms with Crippen molar-refractivity contribution in [2.24, 2.45) is 0 Å². The molecule has 8 nitrogen and oxygen atoms in total. The maximum atomic E-state index is 12.8. The van der Waals surface area contributed by atoms with E-state index in [0.717, 1.165) is 18.5 Å². The molecule has 0 atom stereocenters. The van der Waals surface area contributed by atoms with Gasteiger partial charge in [-0.05, 0) is 25.2 Å². The number of nitrogens with one attached hydrogen (secondary N) is 2. The van der Waals surface area contributed by atoms with Crippen molar-refractivity contribution in [2.75, 3.05) is 45.7 Å². The zero-order chi connectivity index (χ0) is 19.7. The fraction of sp³-hybridized carbons (Fsp3) is 0.316. The summed E-state index contributed by atoms with van der Waals surface area (Å²) in [7, 11) is 3.58. The smallest absolute Gasteiger partial charge is 0.264 e. The lowest BCUT2D eigenvalue weighted by Crippen LogP contribution is -2.46. The molecule has 1 aliphatic heterocycles. The number of nitrogens with zero attached hydrogens (tertiary/aromatic N) is 3. The largest absolute Gasteiger partial charge is 0.496 e. The molecule has 9 heteroatoms. The molecule has 1 aromatic carbocycles. The van der Waals surface area contributed by atoms with Gasteiger partial charge in [-0.2, -0.15) is 5.10 Å². The van der Waals surface area contributed by atoms with E-state index in [9.17, 15) is 9.59 Å². The molecule has 4 rings (SSSR count). The van der Waals surface area contributed by atoms with Gasteiger partial charge in [-0.3, -0.25) is 14.7 Å². The van der Waals surface area contributed by atoms with Crippen LogP contribution in [-0.2, 0) is 0 Å². The average molecular weight is 399 g/mol. The van der Waals surface area contributed by atoms with E-state index in [1.54, 1.807) is 30.3 Å². The summed E-state index contributed by atoms with van der Waals surface area (Å²) in [5.74, 6) is 0.672. The highest BCUT2D eigenvalue weighted by molar-refractivity contribution is 7.20. The van der Waals surface area contributed by atoms with Crippen LogP contribution in [0, 0.1) is 0 Å². The van der Waals surface area contributed by atoms with E-state index in [1.807, 2.05) is 4.90 Å². The predicted octanol–water partition coefficient (Wildman–Crippen LogP) is 2.27. The molecule has 0 radical (unpaired) electrons. The third-order valence-electron chi connectivity index (χ3n) is 4.84. The summed E-state index contributed by atoms with van der Waals surface area (Å²) >= 11 is 1.33. The first-order valence-electron chi connectivity index (χ1n) is 8.97. The number of para-hydroxylation sites is 1. The molecule has 1 saturated heterocycles. The van der Waals surface area contributed by atoms with E-state index in [-0.39, 0.29) is 11.8 Å². The molecular formula is C19H21N5O3S. The van der Waals surface area contributed by atoms with Crippen molar-refractivity contribution >= 4 is 39.2 Å². The number of H-pyrrole nitrogens is 1. The Labute approximate surface area is 166 Å². The van der Waals surface area contributed by atoms with Crippen molar-refractivity contribution < 1.29 is 14.3 Å². The van der Waals surface area contributed by atoms with Crippen molar-refractivity contribution in [1.82, 2.24) is 20.0 Å². The highest BCUT2D eigenvalue weighted by atomic mass is 32.1.